The molecule has 0 aliphatic heterocycles. The molecule has 0 radical (unpaired) electrons. The number of pyridine rings is 1. The number of alkyl halides is 1. The normalized spacial score (nSPS) is 9.92. The molecule has 2 nitrogen and oxygen atoms in total. The number of aromatic nitrogens is 1. The first-order valence-electron chi connectivity index (χ1n) is 3.92. The van der Waals surface area contributed by atoms with E-state index in [2.05, 4.69) is 20.9 Å². The van der Waals surface area contributed by atoms with Gasteiger partial charge in [-0.15, -0.1) is 0 Å². The number of ether oxygens (including phenoxy) is 1. The van der Waals surface area contributed by atoms with Crippen LogP contribution in [0.1, 0.15) is 18.3 Å². The molecule has 1 aromatic heterocycles. The van der Waals surface area contributed by atoms with Crippen LogP contribution >= 0.6 is 15.9 Å². The van der Waals surface area contributed by atoms with Crippen molar-refractivity contribution >= 4 is 15.9 Å². The summed E-state index contributed by atoms with van der Waals surface area (Å²) in [4.78, 5) is 4.31. The first-order valence-corrected chi connectivity index (χ1v) is 5.04. The Hall–Kier alpha value is -0.570. The second-order valence-corrected chi connectivity index (χ2v) is 3.06. The summed E-state index contributed by atoms with van der Waals surface area (Å²) in [6.45, 7) is 4.64. The van der Waals surface area contributed by atoms with E-state index in [1.807, 2.05) is 26.0 Å². The smallest absolute Gasteiger partial charge is 0.122 e. The van der Waals surface area contributed by atoms with Gasteiger partial charge in [-0.3, -0.25) is 4.98 Å². The molecule has 1 aromatic rings. The molecule has 0 aliphatic carbocycles. The highest BCUT2D eigenvalue weighted by Crippen LogP contribution is 2.15. The van der Waals surface area contributed by atoms with Gasteiger partial charge in [-0.05, 0) is 13.8 Å². The first-order chi connectivity index (χ1) is 5.76. The lowest BCUT2D eigenvalue weighted by atomic mass is 10.3. The monoisotopic (exact) mass is 229 g/mol. The Morgan fingerprint density at radius 1 is 1.50 bits per heavy atom. The predicted molar refractivity (Wildman–Crippen MR) is 52.8 cm³/mol. The van der Waals surface area contributed by atoms with Crippen molar-refractivity contribution in [1.29, 1.82) is 0 Å². The van der Waals surface area contributed by atoms with Crippen LogP contribution in [0.2, 0.25) is 0 Å². The number of hydrogen-bond acceptors (Lipinski definition) is 2. The minimum atomic E-state index is 0.700. The van der Waals surface area contributed by atoms with Crippen molar-refractivity contribution in [2.45, 2.75) is 19.2 Å². The number of hydrogen-bond donors (Lipinski definition) is 0. The van der Waals surface area contributed by atoms with Crippen molar-refractivity contribution < 1.29 is 4.74 Å². The van der Waals surface area contributed by atoms with Crippen LogP contribution in [0.5, 0.6) is 5.75 Å². The van der Waals surface area contributed by atoms with Crippen molar-refractivity contribution in [3.8, 4) is 5.75 Å². The van der Waals surface area contributed by atoms with Crippen LogP contribution in [0.15, 0.2) is 12.1 Å². The van der Waals surface area contributed by atoms with Gasteiger partial charge in [0.2, 0.25) is 0 Å². The second-order valence-electron chi connectivity index (χ2n) is 2.50. The minimum absolute atomic E-state index is 0.700. The third-order valence-corrected chi connectivity index (χ3v) is 2.00. The maximum absolute atomic E-state index is 5.37. The fourth-order valence-corrected chi connectivity index (χ4v) is 1.31. The second kappa shape index (κ2) is 4.45. The Bertz CT molecular complexity index is 263. The number of aryl methyl sites for hydroxylation is 1. The lowest BCUT2D eigenvalue weighted by Crippen LogP contribution is -1.95. The summed E-state index contributed by atoms with van der Waals surface area (Å²) in [6.07, 6.45) is 0. The third-order valence-electron chi connectivity index (χ3n) is 1.43. The molecule has 3 heteroatoms. The average Bonchev–Trinajstić information content (AvgIpc) is 2.04. The molecule has 0 unspecified atom stereocenters. The summed E-state index contributed by atoms with van der Waals surface area (Å²) in [5.74, 6) is 0.902. The van der Waals surface area contributed by atoms with Crippen LogP contribution in [0.4, 0.5) is 0 Å². The largest absolute Gasteiger partial charge is 0.494 e. The molecule has 0 bridgehead atoms. The van der Waals surface area contributed by atoms with Crippen LogP contribution in [0, 0.1) is 6.92 Å². The van der Waals surface area contributed by atoms with Gasteiger partial charge in [0.1, 0.15) is 5.75 Å². The van der Waals surface area contributed by atoms with Gasteiger partial charge in [-0.2, -0.15) is 0 Å². The van der Waals surface area contributed by atoms with Crippen molar-refractivity contribution in [2.24, 2.45) is 0 Å². The summed E-state index contributed by atoms with van der Waals surface area (Å²) in [5.41, 5.74) is 2.01. The fraction of sp³-hybridized carbons (Fsp3) is 0.444. The Balaban J connectivity index is 2.90. The van der Waals surface area contributed by atoms with E-state index >= 15 is 0 Å². The van der Waals surface area contributed by atoms with E-state index in [0.29, 0.717) is 6.61 Å². The van der Waals surface area contributed by atoms with Crippen LogP contribution in [-0.4, -0.2) is 11.6 Å². The summed E-state index contributed by atoms with van der Waals surface area (Å²) in [6, 6.07) is 3.89. The quantitative estimate of drug-likeness (QED) is 0.744. The zero-order chi connectivity index (χ0) is 8.97. The summed E-state index contributed by atoms with van der Waals surface area (Å²) < 4.78 is 5.37. The molecule has 1 heterocycles. The van der Waals surface area contributed by atoms with Gasteiger partial charge in [-0.25, -0.2) is 0 Å². The van der Waals surface area contributed by atoms with Crippen LogP contribution in [0.3, 0.4) is 0 Å². The van der Waals surface area contributed by atoms with Crippen molar-refractivity contribution in [3.63, 3.8) is 0 Å². The van der Waals surface area contributed by atoms with E-state index in [4.69, 9.17) is 4.74 Å². The topological polar surface area (TPSA) is 22.1 Å². The van der Waals surface area contributed by atoms with Crippen molar-refractivity contribution in [2.75, 3.05) is 6.61 Å². The molecular weight excluding hydrogens is 218 g/mol. The molecule has 66 valence electrons. The Morgan fingerprint density at radius 3 is 2.83 bits per heavy atom. The minimum Gasteiger partial charge on any atom is -0.494 e. The molecule has 12 heavy (non-hydrogen) atoms. The molecule has 0 atom stereocenters. The van der Waals surface area contributed by atoms with Crippen LogP contribution in [0.25, 0.3) is 0 Å². The maximum atomic E-state index is 5.37. The molecular formula is C9H12BrNO. The summed E-state index contributed by atoms with van der Waals surface area (Å²) in [7, 11) is 0. The van der Waals surface area contributed by atoms with Gasteiger partial charge in [0.05, 0.1) is 12.3 Å². The van der Waals surface area contributed by atoms with Crippen molar-refractivity contribution in [3.05, 3.63) is 23.5 Å². The van der Waals surface area contributed by atoms with E-state index in [9.17, 15) is 0 Å². The molecule has 0 fully saturated rings. The Labute approximate surface area is 81.1 Å². The van der Waals surface area contributed by atoms with E-state index < -0.39 is 0 Å². The lowest BCUT2D eigenvalue weighted by Gasteiger charge is -2.05. The van der Waals surface area contributed by atoms with Gasteiger partial charge in [0.15, 0.2) is 0 Å². The number of halogens is 1. The van der Waals surface area contributed by atoms with E-state index in [1.54, 1.807) is 0 Å². The van der Waals surface area contributed by atoms with Crippen LogP contribution < -0.4 is 4.74 Å². The van der Waals surface area contributed by atoms with E-state index in [-0.39, 0.29) is 0 Å². The summed E-state index contributed by atoms with van der Waals surface area (Å²) >= 11 is 3.36. The van der Waals surface area contributed by atoms with Crippen LogP contribution in [-0.2, 0) is 5.33 Å². The molecule has 0 saturated heterocycles. The molecule has 0 spiro atoms. The van der Waals surface area contributed by atoms with E-state index in [1.165, 1.54) is 0 Å². The highest BCUT2D eigenvalue weighted by atomic mass is 79.9. The maximum Gasteiger partial charge on any atom is 0.122 e. The standard InChI is InChI=1S/C9H12BrNO/c1-3-12-9-4-7(2)11-8(5-9)6-10/h4-5H,3,6H2,1-2H3. The fourth-order valence-electron chi connectivity index (χ4n) is 1.02. The SMILES string of the molecule is CCOc1cc(C)nc(CBr)c1. The zero-order valence-corrected chi connectivity index (χ0v) is 8.89. The van der Waals surface area contributed by atoms with Gasteiger partial charge in [0, 0.05) is 23.2 Å². The highest BCUT2D eigenvalue weighted by Gasteiger charge is 1.98. The third kappa shape index (κ3) is 2.48. The highest BCUT2D eigenvalue weighted by molar-refractivity contribution is 9.08. The predicted octanol–water partition coefficient (Wildman–Crippen LogP) is 2.68. The molecule has 0 aliphatic rings. The molecule has 0 saturated carbocycles. The lowest BCUT2D eigenvalue weighted by molar-refractivity contribution is 0.339. The van der Waals surface area contributed by atoms with Crippen molar-refractivity contribution in [1.82, 2.24) is 4.98 Å². The molecule has 0 N–H and O–H groups in total. The number of nitrogens with zero attached hydrogens (tertiary/aromatic N) is 1. The van der Waals surface area contributed by atoms with Gasteiger partial charge >= 0.3 is 0 Å². The summed E-state index contributed by atoms with van der Waals surface area (Å²) in [5, 5.41) is 0.773. The zero-order valence-electron chi connectivity index (χ0n) is 7.30. The molecule has 0 amide bonds. The van der Waals surface area contributed by atoms with Gasteiger partial charge in [0.25, 0.3) is 0 Å². The van der Waals surface area contributed by atoms with E-state index in [0.717, 1.165) is 22.5 Å². The molecule has 1 rings (SSSR count). The number of rotatable bonds is 3. The van der Waals surface area contributed by atoms with Gasteiger partial charge in [-0.1, -0.05) is 15.9 Å². The average molecular weight is 230 g/mol. The van der Waals surface area contributed by atoms with Gasteiger partial charge < -0.3 is 4.74 Å². The Kier molecular flexibility index (Phi) is 3.53. The first kappa shape index (κ1) is 9.52. The Morgan fingerprint density at radius 2 is 2.25 bits per heavy atom. The molecule has 0 aromatic carbocycles.